The van der Waals surface area contributed by atoms with Gasteiger partial charge in [-0.1, -0.05) is 11.6 Å². The molecule has 10 heteroatoms. The van der Waals surface area contributed by atoms with Crippen molar-refractivity contribution in [1.82, 2.24) is 9.55 Å². The van der Waals surface area contributed by atoms with E-state index in [9.17, 15) is 17.2 Å². The van der Waals surface area contributed by atoms with Gasteiger partial charge in [0.2, 0.25) is 10.0 Å². The minimum absolute atomic E-state index is 0.00308. The second-order valence-corrected chi connectivity index (χ2v) is 5.92. The van der Waals surface area contributed by atoms with Crippen LogP contribution in [0.1, 0.15) is 12.4 Å². The average molecular weight is 338 g/mol. The van der Waals surface area contributed by atoms with Crippen molar-refractivity contribution in [3.05, 3.63) is 41.4 Å². The summed E-state index contributed by atoms with van der Waals surface area (Å²) in [6.45, 7) is -2.97. The molecule has 0 amide bonds. The number of hydrogen-bond donors (Lipinski definition) is 1. The highest BCUT2D eigenvalue weighted by atomic mass is 35.5. The molecule has 2 rings (SSSR count). The predicted octanol–water partition coefficient (Wildman–Crippen LogP) is 2.16. The molecule has 114 valence electrons. The fourth-order valence-electron chi connectivity index (χ4n) is 1.55. The molecule has 0 aliphatic heterocycles. The van der Waals surface area contributed by atoms with E-state index in [1.807, 2.05) is 0 Å². The van der Waals surface area contributed by atoms with Crippen molar-refractivity contribution in [3.8, 4) is 5.75 Å². The van der Waals surface area contributed by atoms with Gasteiger partial charge in [0.05, 0.1) is 9.92 Å². The lowest BCUT2D eigenvalue weighted by Gasteiger charge is -2.10. The SMILES string of the molecule is NS(=O)(=O)c1ccc(OCc2nccn2C(F)F)c(Cl)c1. The molecule has 0 unspecified atom stereocenters. The fraction of sp³-hybridized carbons (Fsp3) is 0.182. The van der Waals surface area contributed by atoms with E-state index < -0.39 is 16.6 Å². The van der Waals surface area contributed by atoms with Gasteiger partial charge >= 0.3 is 6.55 Å². The Kier molecular flexibility index (Phi) is 4.45. The molecule has 0 aliphatic rings. The Morgan fingerprint density at radius 2 is 2.14 bits per heavy atom. The van der Waals surface area contributed by atoms with Crippen LogP contribution in [0, 0.1) is 0 Å². The van der Waals surface area contributed by atoms with Crippen LogP contribution < -0.4 is 9.88 Å². The lowest BCUT2D eigenvalue weighted by atomic mass is 10.3. The second kappa shape index (κ2) is 5.96. The Hall–Kier alpha value is -1.71. The maximum atomic E-state index is 12.6. The Morgan fingerprint density at radius 1 is 1.43 bits per heavy atom. The van der Waals surface area contributed by atoms with Crippen molar-refractivity contribution < 1.29 is 21.9 Å². The van der Waals surface area contributed by atoms with Crippen LogP contribution in [-0.4, -0.2) is 18.0 Å². The number of ether oxygens (including phenoxy) is 1. The van der Waals surface area contributed by atoms with E-state index in [1.54, 1.807) is 0 Å². The Bertz CT molecular complexity index is 749. The molecule has 1 heterocycles. The molecule has 1 aromatic carbocycles. The summed E-state index contributed by atoms with van der Waals surface area (Å²) in [4.78, 5) is 3.57. The van der Waals surface area contributed by atoms with Gasteiger partial charge in [-0.25, -0.2) is 18.5 Å². The molecule has 0 saturated carbocycles. The van der Waals surface area contributed by atoms with Gasteiger partial charge in [-0.2, -0.15) is 8.78 Å². The molecule has 2 N–H and O–H groups in total. The van der Waals surface area contributed by atoms with Crippen LogP contribution in [0.2, 0.25) is 5.02 Å². The van der Waals surface area contributed by atoms with E-state index in [0.29, 0.717) is 4.57 Å². The summed E-state index contributed by atoms with van der Waals surface area (Å²) in [6.07, 6.45) is 2.34. The van der Waals surface area contributed by atoms with Gasteiger partial charge < -0.3 is 4.74 Å². The first-order valence-corrected chi connectivity index (χ1v) is 7.46. The smallest absolute Gasteiger partial charge is 0.320 e. The number of primary sulfonamides is 1. The summed E-state index contributed by atoms with van der Waals surface area (Å²) < 4.78 is 53.4. The summed E-state index contributed by atoms with van der Waals surface area (Å²) in [5, 5.41) is 4.95. The van der Waals surface area contributed by atoms with Gasteiger partial charge in [-0.05, 0) is 18.2 Å². The zero-order valence-electron chi connectivity index (χ0n) is 10.4. The quantitative estimate of drug-likeness (QED) is 0.905. The largest absolute Gasteiger partial charge is 0.484 e. The van der Waals surface area contributed by atoms with Gasteiger partial charge in [0.1, 0.15) is 12.4 Å². The van der Waals surface area contributed by atoms with Crippen molar-refractivity contribution >= 4 is 21.6 Å². The molecule has 0 fully saturated rings. The molecule has 0 bridgehead atoms. The minimum atomic E-state index is -3.87. The molecular weight excluding hydrogens is 328 g/mol. The number of imidazole rings is 1. The number of alkyl halides is 2. The maximum absolute atomic E-state index is 12.6. The van der Waals surface area contributed by atoms with Gasteiger partial charge in [0, 0.05) is 12.4 Å². The Labute approximate surface area is 124 Å². The van der Waals surface area contributed by atoms with Crippen LogP contribution in [0.15, 0.2) is 35.5 Å². The Balaban J connectivity index is 2.16. The van der Waals surface area contributed by atoms with Crippen molar-refractivity contribution in [1.29, 1.82) is 0 Å². The van der Waals surface area contributed by atoms with Crippen LogP contribution in [0.3, 0.4) is 0 Å². The molecule has 6 nitrogen and oxygen atoms in total. The van der Waals surface area contributed by atoms with E-state index in [1.165, 1.54) is 18.3 Å². The third kappa shape index (κ3) is 3.69. The molecule has 0 radical (unpaired) electrons. The third-order valence-corrected chi connectivity index (χ3v) is 3.75. The van der Waals surface area contributed by atoms with Crippen LogP contribution in [0.5, 0.6) is 5.75 Å². The van der Waals surface area contributed by atoms with Gasteiger partial charge in [-0.15, -0.1) is 0 Å². The van der Waals surface area contributed by atoms with E-state index in [4.69, 9.17) is 21.5 Å². The summed E-state index contributed by atoms with van der Waals surface area (Å²) in [6, 6.07) is 3.61. The highest BCUT2D eigenvalue weighted by molar-refractivity contribution is 7.89. The zero-order valence-corrected chi connectivity index (χ0v) is 12.0. The number of sulfonamides is 1. The standard InChI is InChI=1S/C11H10ClF2N3O3S/c12-8-5-7(21(15,18)19)1-2-9(8)20-6-10-16-3-4-17(10)11(13)14/h1-5,11H,6H2,(H2,15,18,19). The van der Waals surface area contributed by atoms with Gasteiger partial charge in [0.15, 0.2) is 5.82 Å². The maximum Gasteiger partial charge on any atom is 0.320 e. The van der Waals surface area contributed by atoms with Gasteiger partial charge in [-0.3, -0.25) is 4.57 Å². The molecule has 0 atom stereocenters. The molecule has 2 aromatic rings. The van der Waals surface area contributed by atoms with E-state index in [2.05, 4.69) is 4.98 Å². The first kappa shape index (κ1) is 15.7. The zero-order chi connectivity index (χ0) is 15.6. The molecule has 0 saturated heterocycles. The highest BCUT2D eigenvalue weighted by Gasteiger charge is 2.14. The molecule has 0 aliphatic carbocycles. The number of nitrogens with zero attached hydrogens (tertiary/aromatic N) is 2. The highest BCUT2D eigenvalue weighted by Crippen LogP contribution is 2.27. The summed E-state index contributed by atoms with van der Waals surface area (Å²) >= 11 is 5.86. The number of aromatic nitrogens is 2. The summed E-state index contributed by atoms with van der Waals surface area (Å²) in [7, 11) is -3.87. The molecule has 0 spiro atoms. The predicted molar refractivity (Wildman–Crippen MR) is 70.6 cm³/mol. The van der Waals surface area contributed by atoms with E-state index in [-0.39, 0.29) is 28.1 Å². The lowest BCUT2D eigenvalue weighted by Crippen LogP contribution is -2.12. The van der Waals surface area contributed by atoms with Crippen LogP contribution in [0.25, 0.3) is 0 Å². The third-order valence-electron chi connectivity index (χ3n) is 2.55. The van der Waals surface area contributed by atoms with Crippen molar-refractivity contribution in [2.24, 2.45) is 5.14 Å². The van der Waals surface area contributed by atoms with Crippen molar-refractivity contribution in [3.63, 3.8) is 0 Å². The summed E-state index contributed by atoms with van der Waals surface area (Å²) in [5.41, 5.74) is 0. The number of benzene rings is 1. The number of nitrogens with two attached hydrogens (primary N) is 1. The topological polar surface area (TPSA) is 87.2 Å². The Morgan fingerprint density at radius 3 is 2.71 bits per heavy atom. The van der Waals surface area contributed by atoms with Gasteiger partial charge in [0.25, 0.3) is 0 Å². The van der Waals surface area contributed by atoms with Crippen molar-refractivity contribution in [2.45, 2.75) is 18.1 Å². The number of rotatable bonds is 5. The normalized spacial score (nSPS) is 11.9. The average Bonchev–Trinajstić information content (AvgIpc) is 2.84. The fourth-order valence-corrected chi connectivity index (χ4v) is 2.39. The molecule has 21 heavy (non-hydrogen) atoms. The van der Waals surface area contributed by atoms with Crippen molar-refractivity contribution in [2.75, 3.05) is 0 Å². The number of hydrogen-bond acceptors (Lipinski definition) is 4. The lowest BCUT2D eigenvalue weighted by molar-refractivity contribution is 0.0632. The molecule has 1 aromatic heterocycles. The van der Waals surface area contributed by atoms with Crippen LogP contribution >= 0.6 is 11.6 Å². The molecular formula is C11H10ClF2N3O3S. The number of halogens is 3. The monoisotopic (exact) mass is 337 g/mol. The van der Waals surface area contributed by atoms with E-state index >= 15 is 0 Å². The first-order chi connectivity index (χ1) is 9.79. The van der Waals surface area contributed by atoms with Crippen LogP contribution in [-0.2, 0) is 16.6 Å². The van der Waals surface area contributed by atoms with Crippen LogP contribution in [0.4, 0.5) is 8.78 Å². The minimum Gasteiger partial charge on any atom is -0.484 e. The second-order valence-electron chi connectivity index (χ2n) is 3.95. The summed E-state index contributed by atoms with van der Waals surface area (Å²) in [5.74, 6) is 0.143. The van der Waals surface area contributed by atoms with E-state index in [0.717, 1.165) is 12.3 Å². The first-order valence-electron chi connectivity index (χ1n) is 5.54.